The van der Waals surface area contributed by atoms with E-state index in [0.29, 0.717) is 11.0 Å². The summed E-state index contributed by atoms with van der Waals surface area (Å²) in [7, 11) is 1.85. The number of furan rings is 1. The molecule has 0 saturated carbocycles. The Balaban J connectivity index is 2.30. The van der Waals surface area contributed by atoms with Crippen molar-refractivity contribution in [2.75, 3.05) is 0 Å². The van der Waals surface area contributed by atoms with Crippen LogP contribution in [-0.4, -0.2) is 25.9 Å². The first-order chi connectivity index (χ1) is 8.50. The number of hydrogen-bond donors (Lipinski definition) is 1. The molecule has 1 unspecified atom stereocenters. The Labute approximate surface area is 109 Å². The van der Waals surface area contributed by atoms with Gasteiger partial charge in [-0.05, 0) is 19.9 Å². The van der Waals surface area contributed by atoms with Crippen LogP contribution in [0.5, 0.6) is 0 Å². The van der Waals surface area contributed by atoms with Crippen molar-refractivity contribution in [3.8, 4) is 11.4 Å². The van der Waals surface area contributed by atoms with E-state index in [4.69, 9.17) is 10.2 Å². The topological polar surface area (TPSA) is 86.9 Å². The molecule has 2 aromatic rings. The zero-order valence-corrected chi connectivity index (χ0v) is 11.2. The number of amides is 1. The van der Waals surface area contributed by atoms with E-state index in [9.17, 15) is 4.79 Å². The van der Waals surface area contributed by atoms with Crippen LogP contribution in [0.4, 0.5) is 0 Å². The summed E-state index contributed by atoms with van der Waals surface area (Å²) >= 11 is 1.29. The summed E-state index contributed by atoms with van der Waals surface area (Å²) in [6.45, 7) is 3.60. The summed E-state index contributed by atoms with van der Waals surface area (Å²) in [4.78, 5) is 11.0. The lowest BCUT2D eigenvalue weighted by Crippen LogP contribution is -2.22. The van der Waals surface area contributed by atoms with Gasteiger partial charge in [0.1, 0.15) is 5.76 Å². The van der Waals surface area contributed by atoms with Crippen LogP contribution in [0, 0.1) is 6.92 Å². The first-order valence-electron chi connectivity index (χ1n) is 5.40. The normalized spacial score (nSPS) is 12.6. The molecule has 2 rings (SSSR count). The molecule has 0 aliphatic heterocycles. The van der Waals surface area contributed by atoms with Gasteiger partial charge in [-0.2, -0.15) is 0 Å². The van der Waals surface area contributed by atoms with Crippen molar-refractivity contribution in [1.82, 2.24) is 14.8 Å². The Morgan fingerprint density at radius 2 is 2.28 bits per heavy atom. The van der Waals surface area contributed by atoms with Gasteiger partial charge in [-0.1, -0.05) is 11.8 Å². The highest BCUT2D eigenvalue weighted by Crippen LogP contribution is 2.27. The number of hydrogen-bond acceptors (Lipinski definition) is 5. The second kappa shape index (κ2) is 4.85. The molecule has 6 nitrogen and oxygen atoms in total. The van der Waals surface area contributed by atoms with E-state index in [1.165, 1.54) is 11.8 Å². The maximum Gasteiger partial charge on any atom is 0.230 e. The molecule has 96 valence electrons. The van der Waals surface area contributed by atoms with Crippen LogP contribution < -0.4 is 5.73 Å². The lowest BCUT2D eigenvalue weighted by Gasteiger charge is -2.06. The fourth-order valence-corrected chi connectivity index (χ4v) is 2.25. The molecule has 18 heavy (non-hydrogen) atoms. The summed E-state index contributed by atoms with van der Waals surface area (Å²) in [5, 5.41) is 8.48. The van der Waals surface area contributed by atoms with Gasteiger partial charge < -0.3 is 14.7 Å². The van der Waals surface area contributed by atoms with E-state index in [1.54, 1.807) is 13.2 Å². The average Bonchev–Trinajstić information content (AvgIpc) is 2.87. The van der Waals surface area contributed by atoms with Gasteiger partial charge in [-0.25, -0.2) is 0 Å². The molecule has 0 bridgehead atoms. The van der Waals surface area contributed by atoms with Gasteiger partial charge in [0.25, 0.3) is 0 Å². The maximum atomic E-state index is 11.0. The number of carbonyl (C=O) groups is 1. The van der Waals surface area contributed by atoms with E-state index in [0.717, 1.165) is 11.3 Å². The molecule has 0 aliphatic rings. The third kappa shape index (κ3) is 2.26. The Morgan fingerprint density at radius 3 is 2.83 bits per heavy atom. The van der Waals surface area contributed by atoms with E-state index < -0.39 is 0 Å². The van der Waals surface area contributed by atoms with Crippen molar-refractivity contribution in [3.63, 3.8) is 0 Å². The minimum absolute atomic E-state index is 0.341. The van der Waals surface area contributed by atoms with E-state index >= 15 is 0 Å². The second-order valence-electron chi connectivity index (χ2n) is 3.92. The minimum Gasteiger partial charge on any atom is -0.469 e. The van der Waals surface area contributed by atoms with Crippen molar-refractivity contribution in [3.05, 3.63) is 18.1 Å². The fraction of sp³-hybridized carbons (Fsp3) is 0.364. The lowest BCUT2D eigenvalue weighted by molar-refractivity contribution is -0.117. The number of primary amides is 1. The Hall–Kier alpha value is -1.76. The molecule has 0 spiro atoms. The van der Waals surface area contributed by atoms with Crippen molar-refractivity contribution in [2.45, 2.75) is 24.3 Å². The summed E-state index contributed by atoms with van der Waals surface area (Å²) < 4.78 is 7.06. The molecule has 1 atom stereocenters. The number of carbonyl (C=O) groups excluding carboxylic acids is 1. The van der Waals surface area contributed by atoms with Gasteiger partial charge in [0.2, 0.25) is 5.91 Å². The Morgan fingerprint density at radius 1 is 1.56 bits per heavy atom. The number of nitrogens with two attached hydrogens (primary N) is 1. The van der Waals surface area contributed by atoms with Gasteiger partial charge in [0, 0.05) is 7.05 Å². The van der Waals surface area contributed by atoms with Crippen LogP contribution >= 0.6 is 11.8 Å². The van der Waals surface area contributed by atoms with E-state index in [-0.39, 0.29) is 11.2 Å². The first-order valence-corrected chi connectivity index (χ1v) is 6.28. The average molecular weight is 266 g/mol. The van der Waals surface area contributed by atoms with Crippen LogP contribution in [0.25, 0.3) is 11.4 Å². The number of aryl methyl sites for hydroxylation is 1. The molecule has 0 radical (unpaired) electrons. The molecule has 0 saturated heterocycles. The third-order valence-electron chi connectivity index (χ3n) is 2.62. The van der Waals surface area contributed by atoms with Gasteiger partial charge in [-0.15, -0.1) is 10.2 Å². The lowest BCUT2D eigenvalue weighted by atomic mass is 10.2. The standard InChI is InChI=1S/C11H14N4O2S/c1-6-8(4-5-17-6)10-13-14-11(15(10)3)18-7(2)9(12)16/h4-5,7H,1-3H3,(H2,12,16). The van der Waals surface area contributed by atoms with Gasteiger partial charge in [0.15, 0.2) is 11.0 Å². The molecule has 0 aliphatic carbocycles. The molecule has 1 amide bonds. The molecule has 7 heteroatoms. The summed E-state index contributed by atoms with van der Waals surface area (Å²) in [6, 6.07) is 1.84. The van der Waals surface area contributed by atoms with Crippen molar-refractivity contribution in [2.24, 2.45) is 12.8 Å². The Bertz CT molecular complexity index is 575. The molecule has 0 fully saturated rings. The summed E-state index contributed by atoms with van der Waals surface area (Å²) in [5.74, 6) is 1.12. The fourth-order valence-electron chi connectivity index (χ4n) is 1.49. The number of thioether (sulfide) groups is 1. The second-order valence-corrected chi connectivity index (χ2v) is 5.23. The predicted octanol–water partition coefficient (Wildman–Crippen LogP) is 1.35. The number of nitrogens with zero attached hydrogens (tertiary/aromatic N) is 3. The third-order valence-corrected chi connectivity index (χ3v) is 3.77. The number of aromatic nitrogens is 3. The number of rotatable bonds is 4. The molecule has 2 aromatic heterocycles. The molecular weight excluding hydrogens is 252 g/mol. The van der Waals surface area contributed by atoms with Crippen LogP contribution in [0.2, 0.25) is 0 Å². The molecule has 0 aromatic carbocycles. The minimum atomic E-state index is -0.371. The summed E-state index contributed by atoms with van der Waals surface area (Å²) in [6.07, 6.45) is 1.61. The smallest absolute Gasteiger partial charge is 0.230 e. The van der Waals surface area contributed by atoms with Crippen LogP contribution in [0.1, 0.15) is 12.7 Å². The SMILES string of the molecule is Cc1occc1-c1nnc(SC(C)C(N)=O)n1C. The van der Waals surface area contributed by atoms with E-state index in [2.05, 4.69) is 10.2 Å². The first kappa shape index (κ1) is 12.7. The predicted molar refractivity (Wildman–Crippen MR) is 68.0 cm³/mol. The largest absolute Gasteiger partial charge is 0.469 e. The summed E-state index contributed by atoms with van der Waals surface area (Å²) in [5.41, 5.74) is 6.12. The molecule has 2 heterocycles. The monoisotopic (exact) mass is 266 g/mol. The van der Waals surface area contributed by atoms with Crippen molar-refractivity contribution in [1.29, 1.82) is 0 Å². The van der Waals surface area contributed by atoms with Crippen LogP contribution in [0.15, 0.2) is 21.9 Å². The maximum absolute atomic E-state index is 11.0. The molecule has 2 N–H and O–H groups in total. The Kier molecular flexibility index (Phi) is 3.42. The quantitative estimate of drug-likeness (QED) is 0.844. The zero-order valence-electron chi connectivity index (χ0n) is 10.4. The highest BCUT2D eigenvalue weighted by atomic mass is 32.2. The highest BCUT2D eigenvalue weighted by Gasteiger charge is 2.18. The highest BCUT2D eigenvalue weighted by molar-refractivity contribution is 8.00. The van der Waals surface area contributed by atoms with Crippen molar-refractivity contribution < 1.29 is 9.21 Å². The van der Waals surface area contributed by atoms with Crippen LogP contribution in [-0.2, 0) is 11.8 Å². The van der Waals surface area contributed by atoms with Gasteiger partial charge in [-0.3, -0.25) is 4.79 Å². The zero-order chi connectivity index (χ0) is 13.3. The van der Waals surface area contributed by atoms with Gasteiger partial charge in [0.05, 0.1) is 17.1 Å². The van der Waals surface area contributed by atoms with Crippen LogP contribution in [0.3, 0.4) is 0 Å². The molecular formula is C11H14N4O2S. The van der Waals surface area contributed by atoms with Crippen molar-refractivity contribution >= 4 is 17.7 Å². The van der Waals surface area contributed by atoms with E-state index in [1.807, 2.05) is 24.6 Å². The van der Waals surface area contributed by atoms with Gasteiger partial charge >= 0.3 is 0 Å².